The SMILES string of the molecule is CCC(C)[Te][Te]C(C)CC. The average Bonchev–Trinajstić information content (AvgIpc) is 1.99. The quantitative estimate of drug-likeness (QED) is 0.654. The molecule has 10 heavy (non-hydrogen) atoms. The molecule has 0 radical (unpaired) electrons. The molecular weight excluding hydrogens is 351 g/mol. The molecule has 0 heterocycles. The summed E-state index contributed by atoms with van der Waals surface area (Å²) in [5, 5.41) is 0. The minimum absolute atomic E-state index is 0.480. The summed E-state index contributed by atoms with van der Waals surface area (Å²) in [5.74, 6) is 0. The summed E-state index contributed by atoms with van der Waals surface area (Å²) in [6.45, 7) is 9.54. The van der Waals surface area contributed by atoms with Crippen LogP contribution in [0.1, 0.15) is 40.5 Å². The van der Waals surface area contributed by atoms with Crippen LogP contribution in [0.15, 0.2) is 0 Å². The predicted octanol–water partition coefficient (Wildman–Crippen LogP) is 2.75. The van der Waals surface area contributed by atoms with E-state index in [4.69, 9.17) is 0 Å². The van der Waals surface area contributed by atoms with Gasteiger partial charge in [0.1, 0.15) is 0 Å². The van der Waals surface area contributed by atoms with Crippen molar-refractivity contribution in [1.82, 2.24) is 0 Å². The standard InChI is InChI=1S/C8H18Te2/c1-5-7(3)9-10-8(4)6-2/h7-8H,5-6H2,1-4H3. The maximum atomic E-state index is 2.44. The molecule has 0 aromatic rings. The van der Waals surface area contributed by atoms with Gasteiger partial charge in [0.2, 0.25) is 0 Å². The van der Waals surface area contributed by atoms with Gasteiger partial charge in [-0.25, -0.2) is 0 Å². The van der Waals surface area contributed by atoms with Gasteiger partial charge in [0.15, 0.2) is 0 Å². The van der Waals surface area contributed by atoms with Gasteiger partial charge in [0.05, 0.1) is 0 Å². The van der Waals surface area contributed by atoms with Crippen LogP contribution in [0, 0.1) is 0 Å². The summed E-state index contributed by atoms with van der Waals surface area (Å²) in [6.07, 6.45) is 2.87. The molecule has 2 atom stereocenters. The van der Waals surface area contributed by atoms with Gasteiger partial charge in [-0.2, -0.15) is 0 Å². The summed E-state index contributed by atoms with van der Waals surface area (Å²) in [5.41, 5.74) is 0. The normalized spacial score (nSPS) is 16.8. The van der Waals surface area contributed by atoms with Gasteiger partial charge in [0, 0.05) is 0 Å². The third kappa shape index (κ3) is 6.30. The monoisotopic (exact) mass is 374 g/mol. The van der Waals surface area contributed by atoms with Gasteiger partial charge < -0.3 is 0 Å². The number of rotatable bonds is 5. The molecular formula is C8H18Te2. The Morgan fingerprint density at radius 2 is 1.20 bits per heavy atom. The first kappa shape index (κ1) is 11.6. The molecule has 0 bridgehead atoms. The van der Waals surface area contributed by atoms with Crippen molar-refractivity contribution in [1.29, 1.82) is 0 Å². The van der Waals surface area contributed by atoms with Gasteiger partial charge in [-0.3, -0.25) is 0 Å². The van der Waals surface area contributed by atoms with Crippen LogP contribution in [-0.2, 0) is 0 Å². The van der Waals surface area contributed by atoms with E-state index in [0.717, 1.165) is 7.93 Å². The van der Waals surface area contributed by atoms with Gasteiger partial charge in [-0.05, 0) is 0 Å². The molecule has 2 unspecified atom stereocenters. The Labute approximate surface area is 81.9 Å². The van der Waals surface area contributed by atoms with E-state index in [1.807, 2.05) is 0 Å². The Kier molecular flexibility index (Phi) is 8.38. The van der Waals surface area contributed by atoms with E-state index < -0.39 is 0 Å². The molecule has 62 valence electrons. The Morgan fingerprint density at radius 1 is 0.900 bits per heavy atom. The van der Waals surface area contributed by atoms with E-state index in [1.54, 1.807) is 0 Å². The van der Waals surface area contributed by atoms with Crippen molar-refractivity contribution in [2.24, 2.45) is 0 Å². The summed E-state index contributed by atoms with van der Waals surface area (Å²) < 4.78 is 2.25. The Hall–Kier alpha value is 1.58. The summed E-state index contributed by atoms with van der Waals surface area (Å²) in [6, 6.07) is 0. The number of hydrogen-bond acceptors (Lipinski definition) is 0. The molecule has 0 aliphatic carbocycles. The molecule has 0 nitrogen and oxygen atoms in total. The third-order valence-electron chi connectivity index (χ3n) is 1.53. The molecule has 0 spiro atoms. The van der Waals surface area contributed by atoms with Crippen molar-refractivity contribution in [2.45, 2.75) is 48.5 Å². The molecule has 0 aromatic carbocycles. The van der Waals surface area contributed by atoms with Crippen molar-refractivity contribution in [2.75, 3.05) is 0 Å². The minimum atomic E-state index is 0.480. The topological polar surface area (TPSA) is 0 Å². The molecule has 0 rings (SSSR count). The van der Waals surface area contributed by atoms with Crippen LogP contribution >= 0.6 is 0 Å². The van der Waals surface area contributed by atoms with Crippen LogP contribution in [0.3, 0.4) is 0 Å². The van der Waals surface area contributed by atoms with Crippen molar-refractivity contribution in [3.8, 4) is 0 Å². The third-order valence-corrected chi connectivity index (χ3v) is 20.3. The van der Waals surface area contributed by atoms with Gasteiger partial charge in [0.25, 0.3) is 0 Å². The van der Waals surface area contributed by atoms with Crippen LogP contribution in [0.4, 0.5) is 0 Å². The van der Waals surface area contributed by atoms with Crippen molar-refractivity contribution < 1.29 is 0 Å². The van der Waals surface area contributed by atoms with Crippen molar-refractivity contribution in [3.63, 3.8) is 0 Å². The fraction of sp³-hybridized carbons (Fsp3) is 1.00. The second-order valence-corrected chi connectivity index (χ2v) is 15.7. The Morgan fingerprint density at radius 3 is 1.40 bits per heavy atom. The zero-order valence-electron chi connectivity index (χ0n) is 7.39. The molecule has 0 N–H and O–H groups in total. The summed E-state index contributed by atoms with van der Waals surface area (Å²) in [4.78, 5) is 0. The fourth-order valence-corrected chi connectivity index (χ4v) is 14.7. The van der Waals surface area contributed by atoms with E-state index in [-0.39, 0.29) is 0 Å². The van der Waals surface area contributed by atoms with E-state index in [1.165, 1.54) is 12.8 Å². The summed E-state index contributed by atoms with van der Waals surface area (Å²) in [7, 11) is 0. The fourth-order valence-electron chi connectivity index (χ4n) is 0.326. The molecule has 0 saturated carbocycles. The predicted molar refractivity (Wildman–Crippen MR) is 50.9 cm³/mol. The average molecular weight is 369 g/mol. The second-order valence-electron chi connectivity index (χ2n) is 2.63. The number of hydrogen-bond donors (Lipinski definition) is 0. The van der Waals surface area contributed by atoms with Crippen LogP contribution in [-0.4, -0.2) is 34.1 Å². The first-order chi connectivity index (χ1) is 4.70. The van der Waals surface area contributed by atoms with Crippen LogP contribution in [0.25, 0.3) is 0 Å². The summed E-state index contributed by atoms with van der Waals surface area (Å²) >= 11 is 0.961. The Balaban J connectivity index is 3.17. The first-order valence-electron chi connectivity index (χ1n) is 4.02. The van der Waals surface area contributed by atoms with Gasteiger partial charge in [-0.15, -0.1) is 0 Å². The zero-order valence-corrected chi connectivity index (χ0v) is 12.0. The van der Waals surface area contributed by atoms with E-state index in [9.17, 15) is 0 Å². The van der Waals surface area contributed by atoms with Crippen LogP contribution < -0.4 is 0 Å². The van der Waals surface area contributed by atoms with Gasteiger partial charge >= 0.3 is 82.6 Å². The first-order valence-corrected chi connectivity index (χ1v) is 14.0. The second kappa shape index (κ2) is 7.24. The van der Waals surface area contributed by atoms with Crippen LogP contribution in [0.2, 0.25) is 7.93 Å². The zero-order chi connectivity index (χ0) is 7.98. The molecule has 2 heteroatoms. The Bertz CT molecular complexity index is 63.7. The molecule has 0 saturated heterocycles. The molecule has 0 amide bonds. The van der Waals surface area contributed by atoms with E-state index in [0.29, 0.717) is 34.1 Å². The maximum absolute atomic E-state index is 2.44. The van der Waals surface area contributed by atoms with E-state index >= 15 is 0 Å². The van der Waals surface area contributed by atoms with Gasteiger partial charge in [-0.1, -0.05) is 0 Å². The van der Waals surface area contributed by atoms with Crippen LogP contribution in [0.5, 0.6) is 0 Å². The van der Waals surface area contributed by atoms with Crippen molar-refractivity contribution in [3.05, 3.63) is 0 Å². The van der Waals surface area contributed by atoms with E-state index in [2.05, 4.69) is 27.7 Å². The van der Waals surface area contributed by atoms with Crippen molar-refractivity contribution >= 4 is 34.1 Å². The molecule has 0 aliphatic rings. The molecule has 0 aromatic heterocycles. The molecule has 0 fully saturated rings. The molecule has 0 aliphatic heterocycles.